The molecule has 7 nitrogen and oxygen atoms in total. The van der Waals surface area contributed by atoms with Crippen molar-refractivity contribution in [2.45, 2.75) is 38.1 Å². The topological polar surface area (TPSA) is 80.6 Å². The highest BCUT2D eigenvalue weighted by atomic mass is 32.2. The third-order valence-electron chi connectivity index (χ3n) is 4.57. The van der Waals surface area contributed by atoms with Crippen molar-refractivity contribution in [1.82, 2.24) is 14.2 Å². The van der Waals surface area contributed by atoms with Crippen LogP contribution in [0.1, 0.15) is 35.5 Å². The van der Waals surface area contributed by atoms with Gasteiger partial charge in [0, 0.05) is 32.9 Å². The average Bonchev–Trinajstić information content (AvgIpc) is 3.09. The van der Waals surface area contributed by atoms with E-state index >= 15 is 0 Å². The van der Waals surface area contributed by atoms with Crippen molar-refractivity contribution >= 4 is 15.9 Å². The molecule has 1 aromatic heterocycles. The summed E-state index contributed by atoms with van der Waals surface area (Å²) in [5, 5.41) is 2.71. The Kier molecular flexibility index (Phi) is 8.27. The van der Waals surface area contributed by atoms with Gasteiger partial charge in [0.05, 0.1) is 6.61 Å². The molecular formula is C20H26F3N3O4S. The number of ether oxygens (including phenoxy) is 1. The Morgan fingerprint density at radius 1 is 1.13 bits per heavy atom. The van der Waals surface area contributed by atoms with Crippen LogP contribution < -0.4 is 5.32 Å². The van der Waals surface area contributed by atoms with Crippen molar-refractivity contribution in [2.75, 3.05) is 19.7 Å². The molecule has 0 bridgehead atoms. The second-order valence-electron chi connectivity index (χ2n) is 6.87. The van der Waals surface area contributed by atoms with E-state index in [4.69, 9.17) is 0 Å². The molecule has 172 valence electrons. The first-order valence-corrected chi connectivity index (χ1v) is 11.1. The van der Waals surface area contributed by atoms with E-state index in [1.165, 1.54) is 21.1 Å². The largest absolute Gasteiger partial charge is 0.411 e. The highest BCUT2D eigenvalue weighted by molar-refractivity contribution is 7.89. The van der Waals surface area contributed by atoms with E-state index in [-0.39, 0.29) is 23.7 Å². The van der Waals surface area contributed by atoms with Crippen molar-refractivity contribution in [3.8, 4) is 0 Å². The maximum absolute atomic E-state index is 12.6. The van der Waals surface area contributed by atoms with E-state index in [0.29, 0.717) is 18.7 Å². The lowest BCUT2D eigenvalue weighted by Gasteiger charge is -2.17. The van der Waals surface area contributed by atoms with E-state index in [1.54, 1.807) is 45.2 Å². The van der Waals surface area contributed by atoms with Gasteiger partial charge in [0.25, 0.3) is 5.91 Å². The summed E-state index contributed by atoms with van der Waals surface area (Å²) in [7, 11) is -2.09. The molecule has 0 unspecified atom stereocenters. The van der Waals surface area contributed by atoms with Crippen LogP contribution in [0.5, 0.6) is 0 Å². The van der Waals surface area contributed by atoms with Crippen LogP contribution in [0.15, 0.2) is 41.4 Å². The minimum Gasteiger partial charge on any atom is -0.367 e. The SMILES string of the molecule is CCN(CC)S(=O)(=O)c1cc(C(=O)NCc2ccc(COCC(F)(F)F)cc2)n(C)c1. The highest BCUT2D eigenvalue weighted by Crippen LogP contribution is 2.19. The lowest BCUT2D eigenvalue weighted by atomic mass is 10.1. The molecule has 0 atom stereocenters. The number of benzene rings is 1. The van der Waals surface area contributed by atoms with Crippen molar-refractivity contribution in [3.05, 3.63) is 53.3 Å². The maximum atomic E-state index is 12.6. The second kappa shape index (κ2) is 10.3. The summed E-state index contributed by atoms with van der Waals surface area (Å²) in [6, 6.07) is 7.93. The van der Waals surface area contributed by atoms with E-state index in [2.05, 4.69) is 10.1 Å². The molecule has 0 radical (unpaired) electrons. The van der Waals surface area contributed by atoms with Gasteiger partial charge in [-0.2, -0.15) is 17.5 Å². The van der Waals surface area contributed by atoms with Gasteiger partial charge in [0.2, 0.25) is 10.0 Å². The zero-order valence-corrected chi connectivity index (χ0v) is 18.4. The number of aromatic nitrogens is 1. The molecular weight excluding hydrogens is 435 g/mol. The van der Waals surface area contributed by atoms with E-state index in [1.807, 2.05) is 0 Å². The summed E-state index contributed by atoms with van der Waals surface area (Å²) < 4.78 is 69.0. The van der Waals surface area contributed by atoms with Crippen LogP contribution in [0.4, 0.5) is 13.2 Å². The number of halogens is 3. The quantitative estimate of drug-likeness (QED) is 0.590. The Balaban J connectivity index is 1.98. The summed E-state index contributed by atoms with van der Waals surface area (Å²) in [6.45, 7) is 2.83. The fourth-order valence-electron chi connectivity index (χ4n) is 2.92. The van der Waals surface area contributed by atoms with Gasteiger partial charge in [0.15, 0.2) is 0 Å². The Morgan fingerprint density at radius 2 is 1.71 bits per heavy atom. The molecule has 0 aliphatic carbocycles. The third-order valence-corrected chi connectivity index (χ3v) is 6.58. The normalized spacial score (nSPS) is 12.4. The van der Waals surface area contributed by atoms with Crippen LogP contribution in [-0.2, 0) is 35.0 Å². The summed E-state index contributed by atoms with van der Waals surface area (Å²) in [5.41, 5.74) is 1.51. The molecule has 0 spiro atoms. The predicted molar refractivity (Wildman–Crippen MR) is 109 cm³/mol. The highest BCUT2D eigenvalue weighted by Gasteiger charge is 2.27. The number of sulfonamides is 1. The Morgan fingerprint density at radius 3 is 2.26 bits per heavy atom. The van der Waals surface area contributed by atoms with Crippen LogP contribution in [0.2, 0.25) is 0 Å². The number of nitrogens with zero attached hydrogens (tertiary/aromatic N) is 2. The maximum Gasteiger partial charge on any atom is 0.411 e. The molecule has 2 rings (SSSR count). The zero-order valence-electron chi connectivity index (χ0n) is 17.6. The number of hydrogen-bond acceptors (Lipinski definition) is 4. The Hall–Kier alpha value is -2.37. The number of rotatable bonds is 10. The molecule has 0 aliphatic heterocycles. The van der Waals surface area contributed by atoms with Gasteiger partial charge in [-0.05, 0) is 17.2 Å². The lowest BCUT2D eigenvalue weighted by Crippen LogP contribution is -2.30. The fourth-order valence-corrected chi connectivity index (χ4v) is 4.45. The number of nitrogens with one attached hydrogen (secondary N) is 1. The minimum atomic E-state index is -4.37. The summed E-state index contributed by atoms with van der Waals surface area (Å²) in [4.78, 5) is 12.6. The van der Waals surface area contributed by atoms with Crippen LogP contribution in [0.3, 0.4) is 0 Å². The van der Waals surface area contributed by atoms with Gasteiger partial charge in [-0.25, -0.2) is 8.42 Å². The van der Waals surface area contributed by atoms with Crippen molar-refractivity contribution < 1.29 is 31.1 Å². The first-order chi connectivity index (χ1) is 14.5. The number of carbonyl (C=O) groups excluding carboxylic acids is 1. The van der Waals surface area contributed by atoms with Crippen LogP contribution in [0.25, 0.3) is 0 Å². The van der Waals surface area contributed by atoms with Crippen LogP contribution in [0, 0.1) is 0 Å². The van der Waals surface area contributed by atoms with Gasteiger partial charge in [0.1, 0.15) is 17.2 Å². The zero-order chi connectivity index (χ0) is 23.2. The summed E-state index contributed by atoms with van der Waals surface area (Å²) >= 11 is 0. The molecule has 0 fully saturated rings. The smallest absolute Gasteiger partial charge is 0.367 e. The number of alkyl halides is 3. The van der Waals surface area contributed by atoms with E-state index in [0.717, 1.165) is 5.56 Å². The first kappa shape index (κ1) is 24.9. The fraction of sp³-hybridized carbons (Fsp3) is 0.450. The second-order valence-corrected chi connectivity index (χ2v) is 8.81. The molecule has 2 aromatic rings. The summed E-state index contributed by atoms with van der Waals surface area (Å²) in [5.74, 6) is -0.443. The Bertz CT molecular complexity index is 982. The molecule has 1 aromatic carbocycles. The minimum absolute atomic E-state index is 0.0482. The number of aryl methyl sites for hydroxylation is 1. The van der Waals surface area contributed by atoms with E-state index < -0.39 is 28.7 Å². The third kappa shape index (κ3) is 6.81. The van der Waals surface area contributed by atoms with Crippen molar-refractivity contribution in [1.29, 1.82) is 0 Å². The van der Waals surface area contributed by atoms with Gasteiger partial charge in [-0.15, -0.1) is 0 Å². The van der Waals surface area contributed by atoms with Gasteiger partial charge in [-0.1, -0.05) is 38.1 Å². The first-order valence-electron chi connectivity index (χ1n) is 9.65. The molecule has 0 aliphatic rings. The van der Waals surface area contributed by atoms with Gasteiger partial charge in [-0.3, -0.25) is 4.79 Å². The number of hydrogen-bond donors (Lipinski definition) is 1. The average molecular weight is 462 g/mol. The molecule has 1 amide bonds. The summed E-state index contributed by atoms with van der Waals surface area (Å²) in [6.07, 6.45) is -2.97. The van der Waals surface area contributed by atoms with Gasteiger partial charge < -0.3 is 14.6 Å². The predicted octanol–water partition coefficient (Wildman–Crippen LogP) is 3.06. The van der Waals surface area contributed by atoms with Crippen molar-refractivity contribution in [2.24, 2.45) is 7.05 Å². The number of amides is 1. The van der Waals surface area contributed by atoms with Gasteiger partial charge >= 0.3 is 6.18 Å². The molecule has 31 heavy (non-hydrogen) atoms. The number of carbonyl (C=O) groups is 1. The molecule has 1 N–H and O–H groups in total. The molecule has 0 saturated carbocycles. The lowest BCUT2D eigenvalue weighted by molar-refractivity contribution is -0.176. The Labute approximate surface area is 179 Å². The van der Waals surface area contributed by atoms with E-state index in [9.17, 15) is 26.4 Å². The van der Waals surface area contributed by atoms with Crippen LogP contribution in [-0.4, -0.2) is 49.1 Å². The van der Waals surface area contributed by atoms with Crippen LogP contribution >= 0.6 is 0 Å². The molecule has 0 saturated heterocycles. The van der Waals surface area contributed by atoms with Crippen molar-refractivity contribution in [3.63, 3.8) is 0 Å². The standard InChI is InChI=1S/C20H26F3N3O4S/c1-4-26(5-2)31(28,29)17-10-18(25(3)12-17)19(27)24-11-15-6-8-16(9-7-15)13-30-14-20(21,22)23/h6-10,12H,4-5,11,13-14H2,1-3H3,(H,24,27). The molecule has 1 heterocycles. The monoisotopic (exact) mass is 461 g/mol. The molecule has 11 heteroatoms.